The third-order valence-corrected chi connectivity index (χ3v) is 5.36. The molecule has 0 unspecified atom stereocenters. The summed E-state index contributed by atoms with van der Waals surface area (Å²) in [6.45, 7) is 12.9. The molecule has 1 heterocycles. The van der Waals surface area contributed by atoms with Crippen molar-refractivity contribution in [2.45, 2.75) is 33.1 Å². The van der Waals surface area contributed by atoms with E-state index in [-0.39, 0.29) is 5.75 Å². The number of ether oxygens (including phenoxy) is 1. The smallest absolute Gasteiger partial charge is 0.214 e. The minimum Gasteiger partial charge on any atom is -0.494 e. The number of sulfonamides is 1. The number of nitrogens with zero attached hydrogens (tertiary/aromatic N) is 1. The van der Waals surface area contributed by atoms with Gasteiger partial charge in [-0.05, 0) is 31.8 Å². The topological polar surface area (TPSA) is 46.6 Å². The molecule has 0 aliphatic carbocycles. The van der Waals surface area contributed by atoms with E-state index in [4.69, 9.17) is 4.74 Å². The standard InChI is InChI=1S/C15H25NO3S/c1-5-11-20(17,18)16-10-8-9-14(6-2)15(12-16)13(4)19-7-3/h6H,2,4-5,7-12H2,1,3H3. The minimum atomic E-state index is -3.20. The Labute approximate surface area is 122 Å². The quantitative estimate of drug-likeness (QED) is 0.679. The van der Waals surface area contributed by atoms with Crippen molar-refractivity contribution < 1.29 is 13.2 Å². The van der Waals surface area contributed by atoms with Crippen molar-refractivity contribution in [1.82, 2.24) is 4.31 Å². The molecule has 0 saturated carbocycles. The normalized spacial score (nSPS) is 17.7. The van der Waals surface area contributed by atoms with Gasteiger partial charge in [-0.1, -0.05) is 26.2 Å². The molecule has 0 aromatic carbocycles. The van der Waals surface area contributed by atoms with Gasteiger partial charge in [-0.2, -0.15) is 4.31 Å². The number of hydrogen-bond acceptors (Lipinski definition) is 3. The van der Waals surface area contributed by atoms with Gasteiger partial charge in [0.05, 0.1) is 12.4 Å². The molecule has 114 valence electrons. The maximum atomic E-state index is 12.3. The highest BCUT2D eigenvalue weighted by Gasteiger charge is 2.26. The van der Waals surface area contributed by atoms with E-state index in [2.05, 4.69) is 13.2 Å². The summed E-state index contributed by atoms with van der Waals surface area (Å²) in [5.74, 6) is 0.742. The fourth-order valence-corrected chi connectivity index (χ4v) is 3.84. The summed E-state index contributed by atoms with van der Waals surface area (Å²) in [4.78, 5) is 0. The summed E-state index contributed by atoms with van der Waals surface area (Å²) >= 11 is 0. The highest BCUT2D eigenvalue weighted by atomic mass is 32.2. The molecule has 0 saturated heterocycles. The first-order valence-electron chi connectivity index (χ1n) is 7.10. The largest absolute Gasteiger partial charge is 0.494 e. The average molecular weight is 299 g/mol. The predicted molar refractivity (Wildman–Crippen MR) is 82.9 cm³/mol. The molecule has 0 spiro atoms. The van der Waals surface area contributed by atoms with Crippen LogP contribution in [-0.4, -0.2) is 38.2 Å². The lowest BCUT2D eigenvalue weighted by Gasteiger charge is -2.22. The van der Waals surface area contributed by atoms with Crippen LogP contribution in [0.2, 0.25) is 0 Å². The zero-order valence-electron chi connectivity index (χ0n) is 12.5. The second-order valence-electron chi connectivity index (χ2n) is 4.82. The summed E-state index contributed by atoms with van der Waals surface area (Å²) in [5, 5.41) is 0. The molecule has 4 nitrogen and oxygen atoms in total. The van der Waals surface area contributed by atoms with Crippen LogP contribution in [0.4, 0.5) is 0 Å². The van der Waals surface area contributed by atoms with Crippen molar-refractivity contribution >= 4 is 10.0 Å². The fourth-order valence-electron chi connectivity index (χ4n) is 2.33. The van der Waals surface area contributed by atoms with Crippen LogP contribution in [0.3, 0.4) is 0 Å². The highest BCUT2D eigenvalue weighted by molar-refractivity contribution is 7.89. The maximum absolute atomic E-state index is 12.3. The molecule has 0 aromatic rings. The molecule has 0 aromatic heterocycles. The number of rotatable bonds is 7. The SMILES string of the molecule is C=CC1=C(C(=C)OCC)CN(S(=O)(=O)CCC)CCC1. The van der Waals surface area contributed by atoms with E-state index in [1.165, 1.54) is 0 Å². The Bertz CT molecular complexity index is 491. The molecule has 0 N–H and O–H groups in total. The Morgan fingerprint density at radius 1 is 1.45 bits per heavy atom. The van der Waals surface area contributed by atoms with E-state index in [9.17, 15) is 8.42 Å². The van der Waals surface area contributed by atoms with Gasteiger partial charge in [0.15, 0.2) is 0 Å². The minimum absolute atomic E-state index is 0.185. The molecule has 1 aliphatic heterocycles. The lowest BCUT2D eigenvalue weighted by molar-refractivity contribution is 0.235. The Kier molecular flexibility index (Phi) is 6.49. The predicted octanol–water partition coefficient (Wildman–Crippen LogP) is 2.85. The first-order chi connectivity index (χ1) is 9.46. The van der Waals surface area contributed by atoms with Crippen molar-refractivity contribution in [2.75, 3.05) is 25.4 Å². The molecule has 1 aliphatic rings. The zero-order valence-corrected chi connectivity index (χ0v) is 13.3. The van der Waals surface area contributed by atoms with Crippen molar-refractivity contribution in [3.8, 4) is 0 Å². The first kappa shape index (κ1) is 17.0. The molecule has 0 fully saturated rings. The Morgan fingerprint density at radius 3 is 2.70 bits per heavy atom. The van der Waals surface area contributed by atoms with Crippen LogP contribution >= 0.6 is 0 Å². The van der Waals surface area contributed by atoms with Crippen LogP contribution in [0.15, 0.2) is 36.1 Å². The Hall–Kier alpha value is -1.07. The van der Waals surface area contributed by atoms with Crippen molar-refractivity contribution in [2.24, 2.45) is 0 Å². The summed E-state index contributed by atoms with van der Waals surface area (Å²) in [6, 6.07) is 0. The zero-order chi connectivity index (χ0) is 15.2. The van der Waals surface area contributed by atoms with E-state index >= 15 is 0 Å². The lowest BCUT2D eigenvalue weighted by atomic mass is 10.0. The molecule has 0 atom stereocenters. The highest BCUT2D eigenvalue weighted by Crippen LogP contribution is 2.26. The van der Waals surface area contributed by atoms with E-state index in [0.29, 0.717) is 31.9 Å². The van der Waals surface area contributed by atoms with Crippen molar-refractivity contribution in [3.63, 3.8) is 0 Å². The summed E-state index contributed by atoms with van der Waals surface area (Å²) < 4.78 is 31.5. The molecule has 20 heavy (non-hydrogen) atoms. The van der Waals surface area contributed by atoms with E-state index in [1.54, 1.807) is 10.4 Å². The second-order valence-corrected chi connectivity index (χ2v) is 6.91. The third-order valence-electron chi connectivity index (χ3n) is 3.33. The molecule has 0 radical (unpaired) electrons. The lowest BCUT2D eigenvalue weighted by Crippen LogP contribution is -2.35. The van der Waals surface area contributed by atoms with Gasteiger partial charge in [-0.25, -0.2) is 8.42 Å². The summed E-state index contributed by atoms with van der Waals surface area (Å²) in [5.41, 5.74) is 1.90. The van der Waals surface area contributed by atoms with Crippen LogP contribution in [0.25, 0.3) is 0 Å². The van der Waals surface area contributed by atoms with Gasteiger partial charge in [0.2, 0.25) is 10.0 Å². The average Bonchev–Trinajstić information content (AvgIpc) is 2.61. The summed E-state index contributed by atoms with van der Waals surface area (Å²) in [6.07, 6.45) is 4.02. The Morgan fingerprint density at radius 2 is 2.15 bits per heavy atom. The van der Waals surface area contributed by atoms with Gasteiger partial charge in [0.1, 0.15) is 5.76 Å². The van der Waals surface area contributed by atoms with Crippen molar-refractivity contribution in [1.29, 1.82) is 0 Å². The van der Waals surface area contributed by atoms with Gasteiger partial charge in [-0.3, -0.25) is 0 Å². The number of allylic oxidation sites excluding steroid dienone is 2. The van der Waals surface area contributed by atoms with Gasteiger partial charge in [0.25, 0.3) is 0 Å². The van der Waals surface area contributed by atoms with E-state index < -0.39 is 10.0 Å². The molecular formula is C15H25NO3S. The molecule has 5 heteroatoms. The molecule has 0 amide bonds. The summed E-state index contributed by atoms with van der Waals surface area (Å²) in [7, 11) is -3.20. The Balaban J connectivity index is 3.06. The molecule has 1 rings (SSSR count). The maximum Gasteiger partial charge on any atom is 0.214 e. The van der Waals surface area contributed by atoms with Gasteiger partial charge >= 0.3 is 0 Å². The molecular weight excluding hydrogens is 274 g/mol. The van der Waals surface area contributed by atoms with Gasteiger partial charge < -0.3 is 4.74 Å². The first-order valence-corrected chi connectivity index (χ1v) is 8.71. The van der Waals surface area contributed by atoms with Crippen LogP contribution in [0.1, 0.15) is 33.1 Å². The number of hydrogen-bond donors (Lipinski definition) is 0. The van der Waals surface area contributed by atoms with Crippen molar-refractivity contribution in [3.05, 3.63) is 36.1 Å². The van der Waals surface area contributed by atoms with E-state index in [1.807, 2.05) is 13.8 Å². The van der Waals surface area contributed by atoms with Crippen LogP contribution < -0.4 is 0 Å². The monoisotopic (exact) mass is 299 g/mol. The second kappa shape index (κ2) is 7.64. The van der Waals surface area contributed by atoms with Gasteiger partial charge in [-0.15, -0.1) is 0 Å². The van der Waals surface area contributed by atoms with Crippen LogP contribution in [0.5, 0.6) is 0 Å². The third kappa shape index (κ3) is 4.21. The fraction of sp³-hybridized carbons (Fsp3) is 0.600. The van der Waals surface area contributed by atoms with Gasteiger partial charge in [0, 0.05) is 18.7 Å². The van der Waals surface area contributed by atoms with Crippen LogP contribution in [0, 0.1) is 0 Å². The van der Waals surface area contributed by atoms with E-state index in [0.717, 1.165) is 24.0 Å². The van der Waals surface area contributed by atoms with Crippen LogP contribution in [-0.2, 0) is 14.8 Å². The molecule has 0 bridgehead atoms.